The van der Waals surface area contributed by atoms with Gasteiger partial charge < -0.3 is 9.15 Å². The molecule has 0 spiro atoms. The number of nitrogens with zero attached hydrogens (tertiary/aromatic N) is 1. The number of nitrogens with one attached hydrogen (secondary N) is 1. The maximum atomic E-state index is 13.1. The van der Waals surface area contributed by atoms with E-state index in [0.29, 0.717) is 23.7 Å². The van der Waals surface area contributed by atoms with E-state index in [4.69, 9.17) is 9.15 Å². The van der Waals surface area contributed by atoms with Gasteiger partial charge in [-0.3, -0.25) is 19.8 Å². The Kier molecular flexibility index (Phi) is 6.20. The molecule has 1 aliphatic rings. The molecule has 8 heteroatoms. The molecule has 3 aromatic carbocycles. The first-order valence-electron chi connectivity index (χ1n) is 10.8. The van der Waals surface area contributed by atoms with Gasteiger partial charge in [-0.05, 0) is 52.7 Å². The lowest BCUT2D eigenvalue weighted by molar-refractivity contribution is -0.130. The van der Waals surface area contributed by atoms with Crippen LogP contribution in [0.2, 0.25) is 0 Å². The summed E-state index contributed by atoms with van der Waals surface area (Å²) in [5, 5.41) is 4.41. The van der Waals surface area contributed by atoms with Crippen molar-refractivity contribution in [3.63, 3.8) is 0 Å². The van der Waals surface area contributed by atoms with E-state index in [1.54, 1.807) is 24.3 Å². The lowest BCUT2D eigenvalue weighted by Crippen LogP contribution is -2.53. The van der Waals surface area contributed by atoms with Crippen molar-refractivity contribution < 1.29 is 23.5 Å². The summed E-state index contributed by atoms with van der Waals surface area (Å²) in [5.74, 6) is -0.571. The monoisotopic (exact) mass is 530 g/mol. The number of urea groups is 1. The van der Waals surface area contributed by atoms with Gasteiger partial charge in [0, 0.05) is 10.0 Å². The predicted octanol–water partition coefficient (Wildman–Crippen LogP) is 5.44. The number of barbiturate groups is 1. The van der Waals surface area contributed by atoms with E-state index in [2.05, 4.69) is 21.2 Å². The summed E-state index contributed by atoms with van der Waals surface area (Å²) >= 11 is 3.43. The molecule has 0 bridgehead atoms. The van der Waals surface area contributed by atoms with E-state index in [-0.39, 0.29) is 12.1 Å². The molecule has 2 heterocycles. The van der Waals surface area contributed by atoms with Crippen molar-refractivity contribution in [3.05, 3.63) is 106 Å². The zero-order valence-corrected chi connectivity index (χ0v) is 19.9. The summed E-state index contributed by atoms with van der Waals surface area (Å²) in [6, 6.07) is 21.9. The lowest BCUT2D eigenvalue weighted by atomic mass is 10.0. The summed E-state index contributed by atoms with van der Waals surface area (Å²) in [6.45, 7) is 0.202. The number of furan rings is 1. The fourth-order valence-electron chi connectivity index (χ4n) is 3.89. The number of rotatable bonds is 6. The summed E-state index contributed by atoms with van der Waals surface area (Å²) in [4.78, 5) is 38.9. The minimum atomic E-state index is -0.796. The van der Waals surface area contributed by atoms with E-state index >= 15 is 0 Å². The average molecular weight is 531 g/mol. The molecule has 0 saturated carbocycles. The number of ether oxygens (including phenoxy) is 1. The first-order chi connectivity index (χ1) is 17.0. The largest absolute Gasteiger partial charge is 0.488 e. The normalized spacial score (nSPS) is 15.1. The smallest absolute Gasteiger partial charge is 0.331 e. The van der Waals surface area contributed by atoms with Crippen LogP contribution in [0, 0.1) is 0 Å². The molecule has 1 aliphatic heterocycles. The highest BCUT2D eigenvalue weighted by Crippen LogP contribution is 2.29. The molecule has 174 valence electrons. The fraction of sp³-hybridized carbons (Fsp3) is 0.0741. The number of carbonyl (C=O) groups is 3. The van der Waals surface area contributed by atoms with Gasteiger partial charge in [0.05, 0.1) is 12.8 Å². The zero-order chi connectivity index (χ0) is 24.4. The summed E-state index contributed by atoms with van der Waals surface area (Å²) in [6.07, 6.45) is 2.88. The lowest BCUT2D eigenvalue weighted by Gasteiger charge is -2.25. The summed E-state index contributed by atoms with van der Waals surface area (Å²) in [7, 11) is 0. The molecule has 4 amide bonds. The van der Waals surface area contributed by atoms with Crippen molar-refractivity contribution in [2.45, 2.75) is 13.2 Å². The van der Waals surface area contributed by atoms with Crippen molar-refractivity contribution in [2.24, 2.45) is 0 Å². The Morgan fingerprint density at radius 3 is 2.63 bits per heavy atom. The first-order valence-corrected chi connectivity index (χ1v) is 11.6. The van der Waals surface area contributed by atoms with Crippen LogP contribution >= 0.6 is 15.9 Å². The minimum absolute atomic E-state index is 0.0921. The van der Waals surface area contributed by atoms with Crippen LogP contribution in [0.25, 0.3) is 16.8 Å². The average Bonchev–Trinajstić information content (AvgIpc) is 3.37. The number of hydrogen-bond donors (Lipinski definition) is 1. The number of imide groups is 2. The van der Waals surface area contributed by atoms with Crippen LogP contribution in [0.4, 0.5) is 4.79 Å². The molecule has 0 radical (unpaired) electrons. The Hall–Kier alpha value is -4.17. The fourth-order valence-corrected chi connectivity index (χ4v) is 4.27. The Morgan fingerprint density at radius 1 is 0.971 bits per heavy atom. The van der Waals surface area contributed by atoms with Crippen molar-refractivity contribution in [1.29, 1.82) is 0 Å². The number of halogens is 1. The number of amides is 4. The highest BCUT2D eigenvalue weighted by Gasteiger charge is 2.36. The van der Waals surface area contributed by atoms with Crippen LogP contribution < -0.4 is 10.1 Å². The van der Waals surface area contributed by atoms with E-state index in [0.717, 1.165) is 25.7 Å². The number of benzene rings is 3. The van der Waals surface area contributed by atoms with Crippen LogP contribution in [0.15, 0.2) is 93.5 Å². The van der Waals surface area contributed by atoms with Gasteiger partial charge in [-0.15, -0.1) is 0 Å². The van der Waals surface area contributed by atoms with Crippen LogP contribution in [0.3, 0.4) is 0 Å². The molecule has 0 unspecified atom stereocenters. The second kappa shape index (κ2) is 9.60. The first kappa shape index (κ1) is 22.6. The van der Waals surface area contributed by atoms with Crippen molar-refractivity contribution in [2.75, 3.05) is 0 Å². The van der Waals surface area contributed by atoms with Crippen LogP contribution in [-0.4, -0.2) is 22.7 Å². The van der Waals surface area contributed by atoms with Crippen LogP contribution in [-0.2, 0) is 22.7 Å². The molecule has 1 fully saturated rings. The highest BCUT2D eigenvalue weighted by atomic mass is 79.9. The zero-order valence-electron chi connectivity index (χ0n) is 18.4. The topological polar surface area (TPSA) is 88.9 Å². The van der Waals surface area contributed by atoms with E-state index < -0.39 is 17.8 Å². The molecule has 7 nitrogen and oxygen atoms in total. The Bertz CT molecular complexity index is 1470. The summed E-state index contributed by atoms with van der Waals surface area (Å²) < 4.78 is 12.1. The van der Waals surface area contributed by atoms with E-state index in [1.165, 1.54) is 12.3 Å². The molecular formula is C27H19BrN2O5. The molecule has 1 saturated heterocycles. The van der Waals surface area contributed by atoms with Gasteiger partial charge in [0.1, 0.15) is 23.7 Å². The van der Waals surface area contributed by atoms with Gasteiger partial charge in [-0.1, -0.05) is 58.4 Å². The molecule has 0 atom stereocenters. The van der Waals surface area contributed by atoms with Crippen molar-refractivity contribution in [3.8, 4) is 5.75 Å². The second-order valence-electron chi connectivity index (χ2n) is 7.90. The molecule has 4 aromatic rings. The number of fused-ring (bicyclic) bond motifs is 1. The van der Waals surface area contributed by atoms with Crippen LogP contribution in [0.5, 0.6) is 5.75 Å². The van der Waals surface area contributed by atoms with Gasteiger partial charge in [-0.25, -0.2) is 4.79 Å². The van der Waals surface area contributed by atoms with Crippen molar-refractivity contribution in [1.82, 2.24) is 10.2 Å². The maximum Gasteiger partial charge on any atom is 0.331 e. The predicted molar refractivity (Wildman–Crippen MR) is 133 cm³/mol. The Morgan fingerprint density at radius 2 is 1.80 bits per heavy atom. The highest BCUT2D eigenvalue weighted by molar-refractivity contribution is 9.10. The van der Waals surface area contributed by atoms with E-state index in [1.807, 2.05) is 48.5 Å². The molecule has 5 rings (SSSR count). The summed E-state index contributed by atoms with van der Waals surface area (Å²) in [5.41, 5.74) is 1.35. The molecular weight excluding hydrogens is 512 g/mol. The third-order valence-corrected chi connectivity index (χ3v) is 6.11. The van der Waals surface area contributed by atoms with E-state index in [9.17, 15) is 14.4 Å². The van der Waals surface area contributed by atoms with Gasteiger partial charge >= 0.3 is 6.03 Å². The standard InChI is InChI=1S/C27H19BrN2O5/c28-20-10-11-24(35-16-18-7-3-6-17-5-1-2-9-22(17)18)19(13-20)14-23-25(31)29-27(33)30(26(23)32)15-21-8-4-12-34-21/h1-14H,15-16H2,(H,29,31,33)/b23-14+. The molecule has 1 N–H and O–H groups in total. The SMILES string of the molecule is O=C1NC(=O)N(Cc2ccco2)C(=O)/C1=C/c1cc(Br)ccc1OCc1cccc2ccccc12. The van der Waals surface area contributed by atoms with Gasteiger partial charge in [0.15, 0.2) is 0 Å². The minimum Gasteiger partial charge on any atom is -0.488 e. The third kappa shape index (κ3) is 4.74. The van der Waals surface area contributed by atoms with Crippen LogP contribution in [0.1, 0.15) is 16.9 Å². The van der Waals surface area contributed by atoms with Gasteiger partial charge in [0.25, 0.3) is 11.8 Å². The second-order valence-corrected chi connectivity index (χ2v) is 8.81. The number of hydrogen-bond acceptors (Lipinski definition) is 5. The Balaban J connectivity index is 1.44. The maximum absolute atomic E-state index is 13.1. The molecule has 0 aliphatic carbocycles. The van der Waals surface area contributed by atoms with Gasteiger partial charge in [0.2, 0.25) is 0 Å². The third-order valence-electron chi connectivity index (χ3n) is 5.61. The Labute approximate surface area is 209 Å². The number of carbonyl (C=O) groups excluding carboxylic acids is 3. The molecule has 1 aromatic heterocycles. The quantitative estimate of drug-likeness (QED) is 0.265. The molecule has 35 heavy (non-hydrogen) atoms. The van der Waals surface area contributed by atoms with Crippen molar-refractivity contribution >= 4 is 50.6 Å². The van der Waals surface area contributed by atoms with Gasteiger partial charge in [-0.2, -0.15) is 0 Å².